The van der Waals surface area contributed by atoms with Crippen LogP contribution in [-0.2, 0) is 6.42 Å². The summed E-state index contributed by atoms with van der Waals surface area (Å²) in [6.45, 7) is 0.599. The van der Waals surface area contributed by atoms with E-state index in [1.807, 2.05) is 0 Å². The van der Waals surface area contributed by atoms with Crippen LogP contribution < -0.4 is 11.1 Å². The molecule has 0 unspecified atom stereocenters. The third kappa shape index (κ3) is 2.77. The van der Waals surface area contributed by atoms with Crippen molar-refractivity contribution in [1.29, 1.82) is 0 Å². The highest BCUT2D eigenvalue weighted by molar-refractivity contribution is 5.41. The van der Waals surface area contributed by atoms with E-state index in [9.17, 15) is 5.11 Å². The van der Waals surface area contributed by atoms with Gasteiger partial charge in [0.2, 0.25) is 11.9 Å². The Morgan fingerprint density at radius 3 is 2.76 bits per heavy atom. The van der Waals surface area contributed by atoms with Gasteiger partial charge < -0.3 is 21.3 Å². The van der Waals surface area contributed by atoms with Gasteiger partial charge in [-0.3, -0.25) is 0 Å². The van der Waals surface area contributed by atoms with Gasteiger partial charge in [-0.05, 0) is 24.1 Å². The summed E-state index contributed by atoms with van der Waals surface area (Å²) in [5.41, 5.74) is 6.27. The van der Waals surface area contributed by atoms with Crippen LogP contribution in [0.2, 0.25) is 0 Å². The summed E-state index contributed by atoms with van der Waals surface area (Å²) >= 11 is 0. The minimum absolute atomic E-state index is 0.121. The Hall–Kier alpha value is -2.44. The zero-order valence-corrected chi connectivity index (χ0v) is 9.01. The number of H-pyrrole nitrogens is 1. The molecule has 7 nitrogen and oxygen atoms in total. The van der Waals surface area contributed by atoms with E-state index in [1.165, 1.54) is 12.1 Å². The second kappa shape index (κ2) is 4.60. The normalized spacial score (nSPS) is 10.4. The van der Waals surface area contributed by atoms with Gasteiger partial charge in [0, 0.05) is 6.54 Å². The number of aromatic amines is 1. The monoisotopic (exact) mass is 235 g/mol. The quantitative estimate of drug-likeness (QED) is 0.491. The first kappa shape index (κ1) is 11.1. The van der Waals surface area contributed by atoms with Crippen LogP contribution in [-0.4, -0.2) is 31.9 Å². The molecule has 2 rings (SSSR count). The van der Waals surface area contributed by atoms with Gasteiger partial charge in [-0.15, -0.1) is 5.10 Å². The van der Waals surface area contributed by atoms with Gasteiger partial charge in [-0.25, -0.2) is 5.10 Å². The highest BCUT2D eigenvalue weighted by Gasteiger charge is 2.02. The fourth-order valence-electron chi connectivity index (χ4n) is 1.40. The number of nitrogen functional groups attached to an aromatic ring is 1. The second-order valence-corrected chi connectivity index (χ2v) is 3.54. The molecule has 6 N–H and O–H groups in total. The molecular formula is C10H13N5O2. The van der Waals surface area contributed by atoms with E-state index in [1.54, 1.807) is 6.07 Å². The lowest BCUT2D eigenvalue weighted by Gasteiger charge is -2.04. The number of nitrogens with one attached hydrogen (secondary N) is 2. The zero-order chi connectivity index (χ0) is 12.3. The average Bonchev–Trinajstić information content (AvgIpc) is 2.70. The number of nitrogens with two attached hydrogens (primary N) is 1. The fourth-order valence-corrected chi connectivity index (χ4v) is 1.40. The number of nitrogens with zero attached hydrogens (tertiary/aromatic N) is 2. The minimum Gasteiger partial charge on any atom is -0.504 e. The maximum Gasteiger partial charge on any atom is 0.243 e. The van der Waals surface area contributed by atoms with Gasteiger partial charge in [0.15, 0.2) is 11.5 Å². The SMILES string of the molecule is Nc1nc(NCCc2ccc(O)c(O)c2)n[nH]1. The van der Waals surface area contributed by atoms with Crippen LogP contribution >= 0.6 is 0 Å². The molecule has 2 aromatic rings. The van der Waals surface area contributed by atoms with Gasteiger partial charge >= 0.3 is 0 Å². The third-order valence-electron chi connectivity index (χ3n) is 2.24. The smallest absolute Gasteiger partial charge is 0.243 e. The van der Waals surface area contributed by atoms with Crippen molar-refractivity contribution in [3.05, 3.63) is 23.8 Å². The highest BCUT2D eigenvalue weighted by atomic mass is 16.3. The van der Waals surface area contributed by atoms with Crippen molar-refractivity contribution in [1.82, 2.24) is 15.2 Å². The molecule has 0 spiro atoms. The largest absolute Gasteiger partial charge is 0.504 e. The van der Waals surface area contributed by atoms with Crippen LogP contribution in [0.3, 0.4) is 0 Å². The molecule has 1 heterocycles. The molecule has 7 heteroatoms. The summed E-state index contributed by atoms with van der Waals surface area (Å²) in [5, 5.41) is 27.8. The van der Waals surface area contributed by atoms with Crippen LogP contribution in [0.25, 0.3) is 0 Å². The minimum atomic E-state index is -0.122. The van der Waals surface area contributed by atoms with Gasteiger partial charge in [-0.1, -0.05) is 6.07 Å². The third-order valence-corrected chi connectivity index (χ3v) is 2.24. The predicted molar refractivity (Wildman–Crippen MR) is 62.8 cm³/mol. The Bertz CT molecular complexity index is 511. The number of rotatable bonds is 4. The van der Waals surface area contributed by atoms with Crippen molar-refractivity contribution in [2.24, 2.45) is 0 Å². The summed E-state index contributed by atoms with van der Waals surface area (Å²) in [6.07, 6.45) is 0.669. The van der Waals surface area contributed by atoms with Crippen LogP contribution in [0, 0.1) is 0 Å². The topological polar surface area (TPSA) is 120 Å². The van der Waals surface area contributed by atoms with Crippen molar-refractivity contribution in [2.45, 2.75) is 6.42 Å². The molecule has 1 aromatic carbocycles. The lowest BCUT2D eigenvalue weighted by Crippen LogP contribution is -2.06. The average molecular weight is 235 g/mol. The number of anilines is 2. The maximum absolute atomic E-state index is 9.30. The molecule has 0 aliphatic heterocycles. The number of phenolic OH excluding ortho intramolecular Hbond substituents is 2. The number of hydrogen-bond donors (Lipinski definition) is 5. The van der Waals surface area contributed by atoms with E-state index < -0.39 is 0 Å². The Morgan fingerprint density at radius 1 is 1.29 bits per heavy atom. The van der Waals surface area contributed by atoms with Crippen molar-refractivity contribution in [3.63, 3.8) is 0 Å². The van der Waals surface area contributed by atoms with Crippen LogP contribution in [0.4, 0.5) is 11.9 Å². The van der Waals surface area contributed by atoms with Crippen molar-refractivity contribution in [3.8, 4) is 11.5 Å². The van der Waals surface area contributed by atoms with E-state index in [2.05, 4.69) is 20.5 Å². The van der Waals surface area contributed by atoms with E-state index >= 15 is 0 Å². The molecule has 0 radical (unpaired) electrons. The Morgan fingerprint density at radius 2 is 2.12 bits per heavy atom. The molecule has 0 bridgehead atoms. The molecule has 0 saturated heterocycles. The fraction of sp³-hybridized carbons (Fsp3) is 0.200. The first-order valence-electron chi connectivity index (χ1n) is 5.08. The number of benzene rings is 1. The van der Waals surface area contributed by atoms with E-state index in [0.29, 0.717) is 18.9 Å². The van der Waals surface area contributed by atoms with Crippen LogP contribution in [0.1, 0.15) is 5.56 Å². The summed E-state index contributed by atoms with van der Waals surface area (Å²) in [5.74, 6) is 0.452. The molecule has 0 amide bonds. The Balaban J connectivity index is 1.87. The summed E-state index contributed by atoms with van der Waals surface area (Å²) in [6, 6.07) is 4.71. The molecule has 0 fully saturated rings. The number of hydrogen-bond acceptors (Lipinski definition) is 6. The van der Waals surface area contributed by atoms with Crippen molar-refractivity contribution < 1.29 is 10.2 Å². The zero-order valence-electron chi connectivity index (χ0n) is 9.01. The van der Waals surface area contributed by atoms with Crippen molar-refractivity contribution in [2.75, 3.05) is 17.6 Å². The van der Waals surface area contributed by atoms with Gasteiger partial charge in [0.1, 0.15) is 0 Å². The molecule has 90 valence electrons. The van der Waals surface area contributed by atoms with E-state index in [0.717, 1.165) is 5.56 Å². The first-order valence-corrected chi connectivity index (χ1v) is 5.08. The lowest BCUT2D eigenvalue weighted by atomic mass is 10.1. The van der Waals surface area contributed by atoms with Gasteiger partial charge in [-0.2, -0.15) is 4.98 Å². The van der Waals surface area contributed by atoms with E-state index in [-0.39, 0.29) is 17.4 Å². The molecule has 0 aliphatic carbocycles. The Kier molecular flexibility index (Phi) is 2.99. The van der Waals surface area contributed by atoms with Crippen molar-refractivity contribution >= 4 is 11.9 Å². The molecule has 0 saturated carbocycles. The highest BCUT2D eigenvalue weighted by Crippen LogP contribution is 2.24. The first-order chi connectivity index (χ1) is 8.15. The number of aromatic hydroxyl groups is 2. The lowest BCUT2D eigenvalue weighted by molar-refractivity contribution is 0.403. The molecule has 0 aliphatic rings. The molecule has 1 aromatic heterocycles. The summed E-state index contributed by atoms with van der Waals surface area (Å²) < 4.78 is 0. The molecular weight excluding hydrogens is 222 g/mol. The molecule has 0 atom stereocenters. The summed E-state index contributed by atoms with van der Waals surface area (Å²) in [7, 11) is 0. The van der Waals surface area contributed by atoms with Crippen LogP contribution in [0.5, 0.6) is 11.5 Å². The molecule has 17 heavy (non-hydrogen) atoms. The maximum atomic E-state index is 9.30. The van der Waals surface area contributed by atoms with Gasteiger partial charge in [0.05, 0.1) is 0 Å². The Labute approximate surface area is 97.3 Å². The van der Waals surface area contributed by atoms with Gasteiger partial charge in [0.25, 0.3) is 0 Å². The van der Waals surface area contributed by atoms with E-state index in [4.69, 9.17) is 10.8 Å². The summed E-state index contributed by atoms with van der Waals surface area (Å²) in [4.78, 5) is 3.88. The predicted octanol–water partition coefficient (Wildman–Crippen LogP) is 0.453. The second-order valence-electron chi connectivity index (χ2n) is 3.54. The van der Waals surface area contributed by atoms with Crippen LogP contribution in [0.15, 0.2) is 18.2 Å². The standard InChI is InChI=1S/C10H13N5O2/c11-9-13-10(15-14-9)12-4-3-6-1-2-7(16)8(17)5-6/h1-2,5,16-17H,3-4H2,(H4,11,12,13,14,15). The number of aromatic nitrogens is 3. The number of phenols is 2.